The molecule has 166 valence electrons. The molecule has 2 atom stereocenters. The number of hydrogen-bond acceptors (Lipinski definition) is 11. The van der Waals surface area contributed by atoms with Gasteiger partial charge in [0.05, 0.1) is 41.9 Å². The Kier molecular flexibility index (Phi) is 5.29. The maximum Gasteiger partial charge on any atom is 0.317 e. The van der Waals surface area contributed by atoms with Gasteiger partial charge in [-0.25, -0.2) is 19.9 Å². The van der Waals surface area contributed by atoms with Crippen LogP contribution in [0.4, 0.5) is 16.8 Å². The fourth-order valence-electron chi connectivity index (χ4n) is 4.30. The molecule has 7 heterocycles. The largest absolute Gasteiger partial charge is 0.460 e. The van der Waals surface area contributed by atoms with Crippen LogP contribution in [0, 0.1) is 0 Å². The summed E-state index contributed by atoms with van der Waals surface area (Å²) < 4.78 is 11.3. The average Bonchev–Trinajstić information content (AvgIpc) is 3.29. The fourth-order valence-corrected chi connectivity index (χ4v) is 5.08. The molecule has 4 fully saturated rings. The summed E-state index contributed by atoms with van der Waals surface area (Å²) in [5.74, 6) is 0.529. The molecule has 0 aromatic carbocycles. The maximum atomic E-state index is 5.93. The van der Waals surface area contributed by atoms with Crippen LogP contribution in [0.25, 0.3) is 10.6 Å². The minimum atomic E-state index is 0.102. The summed E-state index contributed by atoms with van der Waals surface area (Å²) in [5, 5.41) is 7.44. The van der Waals surface area contributed by atoms with E-state index in [1.165, 1.54) is 17.8 Å². The zero-order valence-corrected chi connectivity index (χ0v) is 18.3. The van der Waals surface area contributed by atoms with E-state index in [9.17, 15) is 0 Å². The van der Waals surface area contributed by atoms with Gasteiger partial charge >= 0.3 is 6.01 Å². The molecule has 2 bridgehead atoms. The van der Waals surface area contributed by atoms with E-state index in [0.29, 0.717) is 42.4 Å². The van der Waals surface area contributed by atoms with Crippen molar-refractivity contribution in [2.75, 3.05) is 36.5 Å². The molecule has 4 aliphatic rings. The normalized spacial score (nSPS) is 22.9. The fraction of sp³-hybridized carbons (Fsp3) is 0.476. The molecule has 0 amide bonds. The molecule has 0 saturated carbocycles. The first-order chi connectivity index (χ1) is 15.8. The molecule has 0 radical (unpaired) electrons. The lowest BCUT2D eigenvalue weighted by Gasteiger charge is -2.49. The lowest BCUT2D eigenvalue weighted by Crippen LogP contribution is -2.67. The molecule has 4 saturated heterocycles. The first-order valence-electron chi connectivity index (χ1n) is 10.9. The second-order valence-corrected chi connectivity index (χ2v) is 9.31. The molecule has 32 heavy (non-hydrogen) atoms. The molecule has 7 rings (SSSR count). The molecule has 4 aliphatic heterocycles. The highest BCUT2D eigenvalue weighted by Gasteiger charge is 2.36. The van der Waals surface area contributed by atoms with E-state index >= 15 is 0 Å². The number of rotatable bonds is 6. The third-order valence-corrected chi connectivity index (χ3v) is 6.91. The van der Waals surface area contributed by atoms with Crippen molar-refractivity contribution >= 4 is 28.1 Å². The van der Waals surface area contributed by atoms with Crippen LogP contribution in [-0.2, 0) is 4.74 Å². The Morgan fingerprint density at radius 2 is 1.84 bits per heavy atom. The van der Waals surface area contributed by atoms with Crippen molar-refractivity contribution in [3.8, 4) is 16.6 Å². The lowest BCUT2D eigenvalue weighted by molar-refractivity contribution is 0.0217. The van der Waals surface area contributed by atoms with Crippen molar-refractivity contribution in [1.29, 1.82) is 0 Å². The number of ether oxygens (including phenoxy) is 2. The Hall–Kier alpha value is -2.89. The van der Waals surface area contributed by atoms with Crippen molar-refractivity contribution < 1.29 is 9.47 Å². The molecule has 0 spiro atoms. The van der Waals surface area contributed by atoms with E-state index in [2.05, 4.69) is 40.5 Å². The third-order valence-electron chi connectivity index (χ3n) is 5.98. The predicted molar refractivity (Wildman–Crippen MR) is 120 cm³/mol. The number of nitrogens with zero attached hydrogens (tertiary/aromatic N) is 6. The number of thiazole rings is 1. The van der Waals surface area contributed by atoms with Crippen LogP contribution < -0.4 is 20.3 Å². The Balaban J connectivity index is 1.10. The number of aromatic nitrogens is 5. The van der Waals surface area contributed by atoms with E-state index in [1.807, 2.05) is 18.5 Å². The summed E-state index contributed by atoms with van der Waals surface area (Å²) >= 11 is 1.49. The van der Waals surface area contributed by atoms with Gasteiger partial charge < -0.3 is 25.0 Å². The minimum Gasteiger partial charge on any atom is -0.460 e. The number of hydrogen-bond donors (Lipinski definition) is 2. The van der Waals surface area contributed by atoms with Crippen LogP contribution >= 0.6 is 11.3 Å². The quantitative estimate of drug-likeness (QED) is 0.578. The highest BCUT2D eigenvalue weighted by atomic mass is 32.1. The van der Waals surface area contributed by atoms with E-state index < -0.39 is 0 Å². The van der Waals surface area contributed by atoms with Gasteiger partial charge in [-0.2, -0.15) is 4.98 Å². The van der Waals surface area contributed by atoms with Gasteiger partial charge in [-0.15, -0.1) is 0 Å². The van der Waals surface area contributed by atoms with Crippen molar-refractivity contribution in [3.05, 3.63) is 30.9 Å². The van der Waals surface area contributed by atoms with Gasteiger partial charge in [-0.1, -0.05) is 11.3 Å². The van der Waals surface area contributed by atoms with Gasteiger partial charge in [0.15, 0.2) is 5.13 Å². The van der Waals surface area contributed by atoms with E-state index in [-0.39, 0.29) is 6.10 Å². The monoisotopic (exact) mass is 452 g/mol. The first-order valence-corrected chi connectivity index (χ1v) is 11.7. The van der Waals surface area contributed by atoms with Crippen LogP contribution in [-0.4, -0.2) is 69.4 Å². The highest BCUT2D eigenvalue weighted by Crippen LogP contribution is 2.30. The molecule has 2 N–H and O–H groups in total. The van der Waals surface area contributed by atoms with Crippen LogP contribution in [0.15, 0.2) is 30.9 Å². The van der Waals surface area contributed by atoms with Gasteiger partial charge in [0.25, 0.3) is 0 Å². The van der Waals surface area contributed by atoms with Gasteiger partial charge in [-0.05, 0) is 12.5 Å². The molecular weight excluding hydrogens is 428 g/mol. The Morgan fingerprint density at radius 3 is 2.62 bits per heavy atom. The number of fused-ring (bicyclic) bond motifs is 2. The molecule has 2 unspecified atom stereocenters. The standard InChI is InChI=1S/C21H24N8O2S/c1-4-22-20(31-16-2-5-30-6-3-16)27-17(1)18-10-25-21(32-18)28-19-23-8-15(9-24-19)29-11-13-7-14(12-29)26-13/h1,4,8-10,13-14,16,26H,2-3,5-7,11-12H2,(H,23,24,25,28). The highest BCUT2D eigenvalue weighted by molar-refractivity contribution is 7.18. The average molecular weight is 453 g/mol. The van der Waals surface area contributed by atoms with Gasteiger partial charge in [-0.3, -0.25) is 0 Å². The van der Waals surface area contributed by atoms with E-state index in [0.717, 1.165) is 42.2 Å². The summed E-state index contributed by atoms with van der Waals surface area (Å²) in [7, 11) is 0. The van der Waals surface area contributed by atoms with E-state index in [1.54, 1.807) is 12.4 Å². The third kappa shape index (κ3) is 4.23. The summed E-state index contributed by atoms with van der Waals surface area (Å²) in [6.07, 6.45) is 10.3. The van der Waals surface area contributed by atoms with Crippen LogP contribution in [0.1, 0.15) is 19.3 Å². The summed E-state index contributed by atoms with van der Waals surface area (Å²) in [5.41, 5.74) is 1.84. The van der Waals surface area contributed by atoms with Crippen molar-refractivity contribution in [2.45, 2.75) is 37.5 Å². The Labute approximate surface area is 189 Å². The summed E-state index contributed by atoms with van der Waals surface area (Å²) in [4.78, 5) is 25.5. The van der Waals surface area contributed by atoms with Gasteiger partial charge in [0.1, 0.15) is 6.10 Å². The lowest BCUT2D eigenvalue weighted by atomic mass is 9.91. The molecule has 11 heteroatoms. The first kappa shape index (κ1) is 19.8. The minimum absolute atomic E-state index is 0.102. The van der Waals surface area contributed by atoms with Crippen LogP contribution in [0.3, 0.4) is 0 Å². The maximum absolute atomic E-state index is 5.93. The number of piperidine rings is 1. The van der Waals surface area contributed by atoms with Gasteiger partial charge in [0.2, 0.25) is 5.95 Å². The molecular formula is C21H24N8O2S. The van der Waals surface area contributed by atoms with Crippen molar-refractivity contribution in [3.63, 3.8) is 0 Å². The molecule has 10 nitrogen and oxygen atoms in total. The molecule has 3 aromatic heterocycles. The summed E-state index contributed by atoms with van der Waals surface area (Å²) in [6, 6.07) is 3.45. The second kappa shape index (κ2) is 8.57. The second-order valence-electron chi connectivity index (χ2n) is 8.27. The van der Waals surface area contributed by atoms with Crippen LogP contribution in [0.5, 0.6) is 6.01 Å². The van der Waals surface area contributed by atoms with E-state index in [4.69, 9.17) is 9.47 Å². The molecule has 3 aromatic rings. The van der Waals surface area contributed by atoms with Crippen LogP contribution in [0.2, 0.25) is 0 Å². The Morgan fingerprint density at radius 1 is 1.06 bits per heavy atom. The smallest absolute Gasteiger partial charge is 0.317 e. The predicted octanol–water partition coefficient (Wildman–Crippen LogP) is 2.24. The molecule has 0 aliphatic carbocycles. The van der Waals surface area contributed by atoms with Crippen molar-refractivity contribution in [2.24, 2.45) is 0 Å². The van der Waals surface area contributed by atoms with Crippen molar-refractivity contribution in [1.82, 2.24) is 30.2 Å². The Bertz CT molecular complexity index is 1060. The zero-order chi connectivity index (χ0) is 21.3. The topological polar surface area (TPSA) is 110 Å². The number of anilines is 3. The SMILES string of the molecule is c1cc(-c2cnc(Nc3ncc(N4CC5CC(C4)N5)cn3)s2)nc(OC2CCOCC2)n1. The zero-order valence-electron chi connectivity index (χ0n) is 17.5. The number of piperazine rings is 1. The van der Waals surface area contributed by atoms with Gasteiger partial charge in [0, 0.05) is 50.4 Å². The summed E-state index contributed by atoms with van der Waals surface area (Å²) in [6.45, 7) is 3.46. The number of nitrogens with one attached hydrogen (secondary N) is 2.